The molecule has 2 atom stereocenters. The molecule has 9 heavy (non-hydrogen) atoms. The third kappa shape index (κ3) is 1.30. The summed E-state index contributed by atoms with van der Waals surface area (Å²) in [6, 6.07) is 0. The second-order valence-corrected chi connectivity index (χ2v) is 2.85. The predicted molar refractivity (Wildman–Crippen MR) is 36.2 cm³/mol. The van der Waals surface area contributed by atoms with E-state index in [-0.39, 0.29) is 5.92 Å². The molecule has 0 amide bonds. The SMILES string of the molecule is CC(=O)[C@H]1CNC[C@@H]1C. The molecule has 0 unspecified atom stereocenters. The highest BCUT2D eigenvalue weighted by molar-refractivity contribution is 5.79. The fourth-order valence-electron chi connectivity index (χ4n) is 1.35. The maximum atomic E-state index is 10.8. The van der Waals surface area contributed by atoms with E-state index in [0.29, 0.717) is 11.7 Å². The average molecular weight is 127 g/mol. The fraction of sp³-hybridized carbons (Fsp3) is 0.857. The Hall–Kier alpha value is -0.370. The van der Waals surface area contributed by atoms with Crippen molar-refractivity contribution in [2.24, 2.45) is 11.8 Å². The largest absolute Gasteiger partial charge is 0.316 e. The Bertz CT molecular complexity index is 122. The Morgan fingerprint density at radius 2 is 2.22 bits per heavy atom. The summed E-state index contributed by atoms with van der Waals surface area (Å²) in [4.78, 5) is 10.8. The van der Waals surface area contributed by atoms with E-state index < -0.39 is 0 Å². The molecule has 1 N–H and O–H groups in total. The molecule has 0 aliphatic carbocycles. The molecule has 1 aliphatic rings. The first-order chi connectivity index (χ1) is 4.22. The number of carbonyl (C=O) groups excluding carboxylic acids is 1. The lowest BCUT2D eigenvalue weighted by molar-refractivity contribution is -0.121. The van der Waals surface area contributed by atoms with E-state index in [2.05, 4.69) is 12.2 Å². The highest BCUT2D eigenvalue weighted by atomic mass is 16.1. The Balaban J connectivity index is 2.49. The number of carbonyl (C=O) groups is 1. The lowest BCUT2D eigenvalue weighted by atomic mass is 9.95. The number of hydrogen-bond acceptors (Lipinski definition) is 2. The second kappa shape index (κ2) is 2.48. The molecule has 2 nitrogen and oxygen atoms in total. The van der Waals surface area contributed by atoms with Crippen LogP contribution in [0.2, 0.25) is 0 Å². The van der Waals surface area contributed by atoms with Crippen molar-refractivity contribution in [2.45, 2.75) is 13.8 Å². The maximum Gasteiger partial charge on any atom is 0.134 e. The van der Waals surface area contributed by atoms with E-state index in [9.17, 15) is 4.79 Å². The fourth-order valence-corrected chi connectivity index (χ4v) is 1.35. The van der Waals surface area contributed by atoms with Gasteiger partial charge in [0.15, 0.2) is 0 Å². The molecule has 1 saturated heterocycles. The molecule has 52 valence electrons. The van der Waals surface area contributed by atoms with Crippen LogP contribution in [0, 0.1) is 11.8 Å². The zero-order valence-electron chi connectivity index (χ0n) is 5.98. The van der Waals surface area contributed by atoms with Crippen molar-refractivity contribution >= 4 is 5.78 Å². The van der Waals surface area contributed by atoms with Gasteiger partial charge in [-0.2, -0.15) is 0 Å². The highest BCUT2D eigenvalue weighted by Crippen LogP contribution is 2.15. The van der Waals surface area contributed by atoms with Crippen LogP contribution >= 0.6 is 0 Å². The molecular weight excluding hydrogens is 114 g/mol. The van der Waals surface area contributed by atoms with Crippen molar-refractivity contribution in [3.8, 4) is 0 Å². The maximum absolute atomic E-state index is 10.8. The summed E-state index contributed by atoms with van der Waals surface area (Å²) in [6.45, 7) is 5.68. The first-order valence-corrected chi connectivity index (χ1v) is 3.43. The van der Waals surface area contributed by atoms with Crippen molar-refractivity contribution in [1.29, 1.82) is 0 Å². The van der Waals surface area contributed by atoms with Crippen LogP contribution in [0.15, 0.2) is 0 Å². The van der Waals surface area contributed by atoms with Crippen LogP contribution in [0.3, 0.4) is 0 Å². The van der Waals surface area contributed by atoms with Gasteiger partial charge in [-0.3, -0.25) is 4.79 Å². The molecule has 0 saturated carbocycles. The molecule has 0 bridgehead atoms. The normalized spacial score (nSPS) is 34.9. The Labute approximate surface area is 55.6 Å². The van der Waals surface area contributed by atoms with Crippen molar-refractivity contribution in [1.82, 2.24) is 5.32 Å². The molecular formula is C7H13NO. The lowest BCUT2D eigenvalue weighted by Crippen LogP contribution is -2.17. The minimum absolute atomic E-state index is 0.282. The van der Waals surface area contributed by atoms with Gasteiger partial charge >= 0.3 is 0 Å². The number of nitrogens with one attached hydrogen (secondary N) is 1. The monoisotopic (exact) mass is 127 g/mol. The van der Waals surface area contributed by atoms with Crippen LogP contribution in [0.1, 0.15) is 13.8 Å². The summed E-state index contributed by atoms with van der Waals surface area (Å²) in [6.07, 6.45) is 0. The topological polar surface area (TPSA) is 29.1 Å². The van der Waals surface area contributed by atoms with E-state index in [1.165, 1.54) is 0 Å². The summed E-state index contributed by atoms with van der Waals surface area (Å²) in [5.74, 6) is 1.15. The van der Waals surface area contributed by atoms with E-state index in [1.807, 2.05) is 0 Å². The second-order valence-electron chi connectivity index (χ2n) is 2.85. The van der Waals surface area contributed by atoms with Gasteiger partial charge in [0.2, 0.25) is 0 Å². The first kappa shape index (κ1) is 6.75. The summed E-state index contributed by atoms with van der Waals surface area (Å²) in [7, 11) is 0. The van der Waals surface area contributed by atoms with Gasteiger partial charge in [-0.05, 0) is 19.4 Å². The lowest BCUT2D eigenvalue weighted by Gasteiger charge is -2.07. The number of Topliss-reactive ketones (excluding diaryl/α,β-unsaturated/α-hetero) is 1. The quantitative estimate of drug-likeness (QED) is 0.553. The molecule has 2 heteroatoms. The van der Waals surface area contributed by atoms with Gasteiger partial charge in [-0.25, -0.2) is 0 Å². The van der Waals surface area contributed by atoms with Gasteiger partial charge in [0.05, 0.1) is 0 Å². The molecule has 1 fully saturated rings. The number of ketones is 1. The Morgan fingerprint density at radius 3 is 2.44 bits per heavy atom. The van der Waals surface area contributed by atoms with Gasteiger partial charge in [0.1, 0.15) is 5.78 Å². The van der Waals surface area contributed by atoms with E-state index >= 15 is 0 Å². The van der Waals surface area contributed by atoms with Gasteiger partial charge in [0, 0.05) is 12.5 Å². The van der Waals surface area contributed by atoms with Crippen LogP contribution in [-0.4, -0.2) is 18.9 Å². The highest BCUT2D eigenvalue weighted by Gasteiger charge is 2.26. The van der Waals surface area contributed by atoms with Gasteiger partial charge in [0.25, 0.3) is 0 Å². The molecule has 1 heterocycles. The molecule has 0 aromatic carbocycles. The number of hydrogen-bond donors (Lipinski definition) is 1. The minimum atomic E-state index is 0.282. The van der Waals surface area contributed by atoms with Crippen LogP contribution < -0.4 is 5.32 Å². The smallest absolute Gasteiger partial charge is 0.134 e. The summed E-state index contributed by atoms with van der Waals surface area (Å²) in [5, 5.41) is 3.18. The van der Waals surface area contributed by atoms with Crippen LogP contribution in [0.4, 0.5) is 0 Å². The molecule has 0 spiro atoms. The molecule has 1 rings (SSSR count). The minimum Gasteiger partial charge on any atom is -0.316 e. The van der Waals surface area contributed by atoms with Gasteiger partial charge in [-0.15, -0.1) is 0 Å². The number of rotatable bonds is 1. The van der Waals surface area contributed by atoms with Crippen LogP contribution in [-0.2, 0) is 4.79 Å². The Morgan fingerprint density at radius 1 is 1.56 bits per heavy atom. The van der Waals surface area contributed by atoms with E-state index in [4.69, 9.17) is 0 Å². The van der Waals surface area contributed by atoms with Crippen molar-refractivity contribution in [3.63, 3.8) is 0 Å². The summed E-state index contributed by atoms with van der Waals surface area (Å²) < 4.78 is 0. The molecule has 0 radical (unpaired) electrons. The summed E-state index contributed by atoms with van der Waals surface area (Å²) in [5.41, 5.74) is 0. The Kier molecular flexibility index (Phi) is 1.86. The van der Waals surface area contributed by atoms with Gasteiger partial charge in [-0.1, -0.05) is 6.92 Å². The molecule has 0 aromatic rings. The molecule has 1 aliphatic heterocycles. The standard InChI is InChI=1S/C7H13NO/c1-5-3-8-4-7(5)6(2)9/h5,7-8H,3-4H2,1-2H3/t5-,7-/m0/s1. The van der Waals surface area contributed by atoms with Crippen LogP contribution in [0.5, 0.6) is 0 Å². The first-order valence-electron chi connectivity index (χ1n) is 3.43. The molecule has 0 aromatic heterocycles. The zero-order valence-corrected chi connectivity index (χ0v) is 5.98. The van der Waals surface area contributed by atoms with Crippen LogP contribution in [0.25, 0.3) is 0 Å². The van der Waals surface area contributed by atoms with Crippen molar-refractivity contribution < 1.29 is 4.79 Å². The third-order valence-corrected chi connectivity index (χ3v) is 2.04. The van der Waals surface area contributed by atoms with Gasteiger partial charge < -0.3 is 5.32 Å². The average Bonchev–Trinajstić information content (AvgIpc) is 2.13. The van der Waals surface area contributed by atoms with E-state index in [0.717, 1.165) is 13.1 Å². The van der Waals surface area contributed by atoms with Crippen molar-refractivity contribution in [2.75, 3.05) is 13.1 Å². The third-order valence-electron chi connectivity index (χ3n) is 2.04. The van der Waals surface area contributed by atoms with E-state index in [1.54, 1.807) is 6.92 Å². The zero-order chi connectivity index (χ0) is 6.85. The summed E-state index contributed by atoms with van der Waals surface area (Å²) >= 11 is 0. The predicted octanol–water partition coefficient (Wildman–Crippen LogP) is 0.431. The van der Waals surface area contributed by atoms with Crippen molar-refractivity contribution in [3.05, 3.63) is 0 Å².